The van der Waals surface area contributed by atoms with Gasteiger partial charge in [-0.3, -0.25) is 4.79 Å². The second kappa shape index (κ2) is 2.80. The molecule has 1 atom stereocenters. The van der Waals surface area contributed by atoms with Crippen LogP contribution in [0.1, 0.15) is 20.3 Å². The minimum atomic E-state index is -1.17. The van der Waals surface area contributed by atoms with Crippen LogP contribution in [0, 0.1) is 5.41 Å². The molecule has 9 heavy (non-hydrogen) atoms. The number of halogens is 1. The van der Waals surface area contributed by atoms with E-state index in [0.29, 0.717) is 6.42 Å². The molecule has 0 saturated carbocycles. The predicted molar refractivity (Wildman–Crippen MR) is 32.0 cm³/mol. The van der Waals surface area contributed by atoms with E-state index in [9.17, 15) is 9.18 Å². The first kappa shape index (κ1) is 8.40. The number of carboxylic acids is 1. The van der Waals surface area contributed by atoms with Crippen LogP contribution < -0.4 is 0 Å². The van der Waals surface area contributed by atoms with E-state index < -0.39 is 18.1 Å². The molecule has 0 radical (unpaired) electrons. The second-order valence-corrected chi connectivity index (χ2v) is 2.35. The molecule has 0 aromatic carbocycles. The lowest BCUT2D eigenvalue weighted by Crippen LogP contribution is -2.28. The molecular formula is C6H11FO2. The van der Waals surface area contributed by atoms with E-state index >= 15 is 0 Å². The number of alkyl halides is 1. The monoisotopic (exact) mass is 134 g/mol. The molecule has 0 aliphatic carbocycles. The zero-order valence-electron chi connectivity index (χ0n) is 5.65. The van der Waals surface area contributed by atoms with Gasteiger partial charge in [-0.15, -0.1) is 0 Å². The standard InChI is InChI=1S/C6H11FO2/c1-3-6(2,4-7)5(8)9/h3-4H2,1-2H3,(H,8,9). The minimum Gasteiger partial charge on any atom is -0.481 e. The highest BCUT2D eigenvalue weighted by Gasteiger charge is 2.30. The molecule has 0 rings (SSSR count). The van der Waals surface area contributed by atoms with Gasteiger partial charge in [-0.2, -0.15) is 0 Å². The van der Waals surface area contributed by atoms with Crippen molar-refractivity contribution in [1.29, 1.82) is 0 Å². The van der Waals surface area contributed by atoms with Crippen molar-refractivity contribution in [2.24, 2.45) is 5.41 Å². The molecule has 54 valence electrons. The third kappa shape index (κ3) is 1.66. The van der Waals surface area contributed by atoms with E-state index in [-0.39, 0.29) is 0 Å². The van der Waals surface area contributed by atoms with Crippen molar-refractivity contribution in [2.45, 2.75) is 20.3 Å². The first-order valence-corrected chi connectivity index (χ1v) is 2.86. The Kier molecular flexibility index (Phi) is 2.62. The van der Waals surface area contributed by atoms with Crippen LogP contribution in [0.5, 0.6) is 0 Å². The fourth-order valence-electron chi connectivity index (χ4n) is 0.303. The van der Waals surface area contributed by atoms with E-state index in [2.05, 4.69) is 0 Å². The van der Waals surface area contributed by atoms with Gasteiger partial charge < -0.3 is 5.11 Å². The lowest BCUT2D eigenvalue weighted by Gasteiger charge is -2.17. The SMILES string of the molecule is CCC(C)(CF)C(=O)O. The molecule has 0 aromatic rings. The first-order valence-electron chi connectivity index (χ1n) is 2.86. The Morgan fingerprint density at radius 3 is 2.22 bits per heavy atom. The highest BCUT2D eigenvalue weighted by atomic mass is 19.1. The van der Waals surface area contributed by atoms with Gasteiger partial charge in [0.2, 0.25) is 0 Å². The van der Waals surface area contributed by atoms with Crippen molar-refractivity contribution < 1.29 is 14.3 Å². The normalized spacial score (nSPS) is 16.8. The number of carboxylic acid groups (broad SMARTS) is 1. The maximum Gasteiger partial charge on any atom is 0.312 e. The van der Waals surface area contributed by atoms with Crippen LogP contribution in [0.3, 0.4) is 0 Å². The van der Waals surface area contributed by atoms with Crippen LogP contribution in [-0.4, -0.2) is 17.8 Å². The fraction of sp³-hybridized carbons (Fsp3) is 0.833. The summed E-state index contributed by atoms with van der Waals surface area (Å²) in [6.07, 6.45) is 0.332. The van der Waals surface area contributed by atoms with Crippen LogP contribution >= 0.6 is 0 Å². The summed E-state index contributed by atoms with van der Waals surface area (Å²) in [7, 11) is 0. The summed E-state index contributed by atoms with van der Waals surface area (Å²) < 4.78 is 11.9. The van der Waals surface area contributed by atoms with Gasteiger partial charge in [0, 0.05) is 0 Å². The average molecular weight is 134 g/mol. The molecular weight excluding hydrogens is 123 g/mol. The van der Waals surface area contributed by atoms with Crippen molar-refractivity contribution in [1.82, 2.24) is 0 Å². The number of carbonyl (C=O) groups is 1. The van der Waals surface area contributed by atoms with Gasteiger partial charge in [0.1, 0.15) is 6.67 Å². The Labute approximate surface area is 53.7 Å². The lowest BCUT2D eigenvalue weighted by molar-refractivity contribution is -0.149. The summed E-state index contributed by atoms with van der Waals surface area (Å²) in [5.74, 6) is -1.06. The summed E-state index contributed by atoms with van der Waals surface area (Å²) >= 11 is 0. The Morgan fingerprint density at radius 2 is 2.22 bits per heavy atom. The summed E-state index contributed by atoms with van der Waals surface area (Å²) in [5.41, 5.74) is -1.17. The molecule has 3 heteroatoms. The molecule has 0 bridgehead atoms. The fourth-order valence-corrected chi connectivity index (χ4v) is 0.303. The van der Waals surface area contributed by atoms with Crippen LogP contribution in [0.4, 0.5) is 4.39 Å². The number of aliphatic carboxylic acids is 1. The summed E-state index contributed by atoms with van der Waals surface area (Å²) in [6.45, 7) is 2.27. The highest BCUT2D eigenvalue weighted by molar-refractivity contribution is 5.74. The van der Waals surface area contributed by atoms with E-state index in [1.807, 2.05) is 0 Å². The highest BCUT2D eigenvalue weighted by Crippen LogP contribution is 2.21. The van der Waals surface area contributed by atoms with E-state index in [1.165, 1.54) is 6.92 Å². The van der Waals surface area contributed by atoms with Gasteiger partial charge in [0.25, 0.3) is 0 Å². The van der Waals surface area contributed by atoms with E-state index in [1.54, 1.807) is 6.92 Å². The molecule has 0 fully saturated rings. The summed E-state index contributed by atoms with van der Waals surface area (Å²) in [5, 5.41) is 8.39. The lowest BCUT2D eigenvalue weighted by atomic mass is 9.90. The minimum absolute atomic E-state index is 0.332. The predicted octanol–water partition coefficient (Wildman–Crippen LogP) is 1.46. The molecule has 0 amide bonds. The maximum absolute atomic E-state index is 11.9. The Morgan fingerprint density at radius 1 is 1.78 bits per heavy atom. The third-order valence-corrected chi connectivity index (χ3v) is 1.59. The zero-order chi connectivity index (χ0) is 7.49. The van der Waals surface area contributed by atoms with E-state index in [0.717, 1.165) is 0 Å². The molecule has 0 aliphatic heterocycles. The largest absolute Gasteiger partial charge is 0.481 e. The van der Waals surface area contributed by atoms with Crippen LogP contribution in [0.2, 0.25) is 0 Å². The Hall–Kier alpha value is -0.600. The number of hydrogen-bond donors (Lipinski definition) is 1. The van der Waals surface area contributed by atoms with Gasteiger partial charge in [-0.1, -0.05) is 6.92 Å². The van der Waals surface area contributed by atoms with Crippen LogP contribution in [-0.2, 0) is 4.79 Å². The van der Waals surface area contributed by atoms with Crippen LogP contribution in [0.15, 0.2) is 0 Å². The van der Waals surface area contributed by atoms with Crippen LogP contribution in [0.25, 0.3) is 0 Å². The van der Waals surface area contributed by atoms with E-state index in [4.69, 9.17) is 5.11 Å². The number of hydrogen-bond acceptors (Lipinski definition) is 1. The molecule has 1 N–H and O–H groups in total. The van der Waals surface area contributed by atoms with Gasteiger partial charge in [-0.05, 0) is 13.3 Å². The Balaban J connectivity index is 4.09. The second-order valence-electron chi connectivity index (χ2n) is 2.35. The van der Waals surface area contributed by atoms with Gasteiger partial charge in [0.15, 0.2) is 0 Å². The summed E-state index contributed by atoms with van der Waals surface area (Å²) in [4.78, 5) is 10.2. The van der Waals surface area contributed by atoms with Crippen molar-refractivity contribution >= 4 is 5.97 Å². The molecule has 0 aromatic heterocycles. The molecule has 0 spiro atoms. The summed E-state index contributed by atoms with van der Waals surface area (Å²) in [6, 6.07) is 0. The van der Waals surface area contributed by atoms with Crippen molar-refractivity contribution in [3.05, 3.63) is 0 Å². The molecule has 0 saturated heterocycles. The number of rotatable bonds is 3. The topological polar surface area (TPSA) is 37.3 Å². The smallest absolute Gasteiger partial charge is 0.312 e. The zero-order valence-corrected chi connectivity index (χ0v) is 5.65. The molecule has 0 aliphatic rings. The first-order chi connectivity index (χ1) is 4.06. The quantitative estimate of drug-likeness (QED) is 0.634. The average Bonchev–Trinajstić information content (AvgIpc) is 1.86. The molecule has 1 unspecified atom stereocenters. The van der Waals surface area contributed by atoms with Gasteiger partial charge >= 0.3 is 5.97 Å². The van der Waals surface area contributed by atoms with Gasteiger partial charge in [0.05, 0.1) is 5.41 Å². The van der Waals surface area contributed by atoms with Crippen molar-refractivity contribution in [2.75, 3.05) is 6.67 Å². The van der Waals surface area contributed by atoms with Gasteiger partial charge in [-0.25, -0.2) is 4.39 Å². The molecule has 0 heterocycles. The van der Waals surface area contributed by atoms with Crippen molar-refractivity contribution in [3.63, 3.8) is 0 Å². The maximum atomic E-state index is 11.9. The third-order valence-electron chi connectivity index (χ3n) is 1.59. The molecule has 2 nitrogen and oxygen atoms in total. The van der Waals surface area contributed by atoms with Crippen molar-refractivity contribution in [3.8, 4) is 0 Å². The Bertz CT molecular complexity index is 108.